The molecule has 1 N–H and O–H groups in total. The molecule has 4 nitrogen and oxygen atoms in total. The van der Waals surface area contributed by atoms with Crippen molar-refractivity contribution in [3.05, 3.63) is 35.4 Å². The van der Waals surface area contributed by atoms with Gasteiger partial charge >= 0.3 is 5.97 Å². The Bertz CT molecular complexity index is 429. The van der Waals surface area contributed by atoms with Crippen LogP contribution in [0.15, 0.2) is 24.3 Å². The van der Waals surface area contributed by atoms with Crippen LogP contribution in [0.2, 0.25) is 0 Å². The van der Waals surface area contributed by atoms with Gasteiger partial charge in [-0.2, -0.15) is 0 Å². The summed E-state index contributed by atoms with van der Waals surface area (Å²) in [7, 11) is 1.75. The average molecular weight is 249 g/mol. The molecule has 0 aliphatic heterocycles. The van der Waals surface area contributed by atoms with E-state index in [0.29, 0.717) is 24.9 Å². The maximum Gasteiger partial charge on any atom is 0.335 e. The van der Waals surface area contributed by atoms with Crippen LogP contribution in [0.5, 0.6) is 0 Å². The number of aromatic carboxylic acids is 1. The number of nitrogens with zero attached hydrogens (tertiary/aromatic N) is 1. The number of benzene rings is 1. The third kappa shape index (κ3) is 3.87. The van der Waals surface area contributed by atoms with Gasteiger partial charge in [0.2, 0.25) is 5.91 Å². The number of amides is 1. The second kappa shape index (κ2) is 6.79. The molecule has 0 unspecified atom stereocenters. The zero-order valence-corrected chi connectivity index (χ0v) is 10.8. The molecule has 1 aromatic rings. The van der Waals surface area contributed by atoms with E-state index in [4.69, 9.17) is 5.11 Å². The van der Waals surface area contributed by atoms with Crippen molar-refractivity contribution >= 4 is 11.9 Å². The van der Waals surface area contributed by atoms with E-state index in [1.165, 1.54) is 0 Å². The standard InChI is InChI=1S/C14H19NO3/c1-3-6-13(16)15(2)10-9-11-7-4-5-8-12(11)14(17)18/h4-5,7-8H,3,6,9-10H2,1-2H3,(H,17,18). The third-order valence-corrected chi connectivity index (χ3v) is 2.85. The lowest BCUT2D eigenvalue weighted by molar-refractivity contribution is -0.129. The summed E-state index contributed by atoms with van der Waals surface area (Å²) in [5.74, 6) is -0.821. The fourth-order valence-electron chi connectivity index (χ4n) is 1.76. The summed E-state index contributed by atoms with van der Waals surface area (Å²) in [4.78, 5) is 24.3. The SMILES string of the molecule is CCCC(=O)N(C)CCc1ccccc1C(=O)O. The Labute approximate surface area is 107 Å². The lowest BCUT2D eigenvalue weighted by Crippen LogP contribution is -2.28. The first kappa shape index (κ1) is 14.2. The molecule has 0 saturated carbocycles. The van der Waals surface area contributed by atoms with Crippen LogP contribution in [-0.4, -0.2) is 35.5 Å². The molecule has 0 radical (unpaired) electrons. The zero-order valence-electron chi connectivity index (χ0n) is 10.8. The van der Waals surface area contributed by atoms with Gasteiger partial charge in [-0.05, 0) is 24.5 Å². The summed E-state index contributed by atoms with van der Waals surface area (Å²) in [5.41, 5.74) is 1.08. The second-order valence-corrected chi connectivity index (χ2v) is 4.28. The van der Waals surface area contributed by atoms with E-state index >= 15 is 0 Å². The fourth-order valence-corrected chi connectivity index (χ4v) is 1.76. The number of hydrogen-bond donors (Lipinski definition) is 1. The Kier molecular flexibility index (Phi) is 5.36. The molecule has 0 spiro atoms. The van der Waals surface area contributed by atoms with E-state index in [1.807, 2.05) is 13.0 Å². The van der Waals surface area contributed by atoms with Crippen LogP contribution in [0.25, 0.3) is 0 Å². The summed E-state index contributed by atoms with van der Waals surface area (Å²) in [5, 5.41) is 9.04. The molecular formula is C14H19NO3. The smallest absolute Gasteiger partial charge is 0.335 e. The Balaban J connectivity index is 2.63. The van der Waals surface area contributed by atoms with Crippen molar-refractivity contribution in [3.63, 3.8) is 0 Å². The molecule has 0 saturated heterocycles. The molecule has 98 valence electrons. The summed E-state index contributed by atoms with van der Waals surface area (Å²) < 4.78 is 0. The molecule has 0 bridgehead atoms. The minimum absolute atomic E-state index is 0.102. The van der Waals surface area contributed by atoms with Gasteiger partial charge in [0.1, 0.15) is 0 Å². The molecular weight excluding hydrogens is 230 g/mol. The van der Waals surface area contributed by atoms with Crippen LogP contribution < -0.4 is 0 Å². The molecule has 0 heterocycles. The summed E-state index contributed by atoms with van der Waals surface area (Å²) in [6.07, 6.45) is 1.93. The van der Waals surface area contributed by atoms with Gasteiger partial charge in [-0.3, -0.25) is 4.79 Å². The Hall–Kier alpha value is -1.84. The maximum atomic E-state index is 11.6. The minimum Gasteiger partial charge on any atom is -0.478 e. The number of carbonyl (C=O) groups is 2. The van der Waals surface area contributed by atoms with Crippen molar-refractivity contribution in [1.29, 1.82) is 0 Å². The molecule has 0 aromatic heterocycles. The van der Waals surface area contributed by atoms with E-state index in [9.17, 15) is 9.59 Å². The zero-order chi connectivity index (χ0) is 13.5. The predicted octanol–water partition coefficient (Wildman–Crippen LogP) is 2.19. The summed E-state index contributed by atoms with van der Waals surface area (Å²) in [6, 6.07) is 6.90. The first-order valence-corrected chi connectivity index (χ1v) is 6.11. The van der Waals surface area contributed by atoms with Crippen molar-refractivity contribution in [3.8, 4) is 0 Å². The Morgan fingerprint density at radius 2 is 1.94 bits per heavy atom. The molecule has 0 fully saturated rings. The topological polar surface area (TPSA) is 57.6 Å². The molecule has 0 aliphatic rings. The van der Waals surface area contributed by atoms with Gasteiger partial charge in [-0.25, -0.2) is 4.79 Å². The summed E-state index contributed by atoms with van der Waals surface area (Å²) in [6.45, 7) is 2.51. The molecule has 1 amide bonds. The third-order valence-electron chi connectivity index (χ3n) is 2.85. The van der Waals surface area contributed by atoms with E-state index in [2.05, 4.69) is 0 Å². The largest absolute Gasteiger partial charge is 0.478 e. The lowest BCUT2D eigenvalue weighted by atomic mass is 10.0. The van der Waals surface area contributed by atoms with E-state index in [0.717, 1.165) is 12.0 Å². The van der Waals surface area contributed by atoms with Crippen molar-refractivity contribution in [2.75, 3.05) is 13.6 Å². The van der Waals surface area contributed by atoms with Crippen LogP contribution >= 0.6 is 0 Å². The first-order chi connectivity index (χ1) is 8.56. The average Bonchev–Trinajstić information content (AvgIpc) is 2.36. The van der Waals surface area contributed by atoms with Gasteiger partial charge in [-0.15, -0.1) is 0 Å². The quantitative estimate of drug-likeness (QED) is 0.840. The number of carboxylic acid groups (broad SMARTS) is 1. The highest BCUT2D eigenvalue weighted by atomic mass is 16.4. The van der Waals surface area contributed by atoms with Crippen LogP contribution in [0.4, 0.5) is 0 Å². The van der Waals surface area contributed by atoms with Gasteiger partial charge in [-0.1, -0.05) is 25.1 Å². The Morgan fingerprint density at radius 1 is 1.28 bits per heavy atom. The highest BCUT2D eigenvalue weighted by Gasteiger charge is 2.11. The number of likely N-dealkylation sites (N-methyl/N-ethyl adjacent to an activating group) is 1. The monoisotopic (exact) mass is 249 g/mol. The first-order valence-electron chi connectivity index (χ1n) is 6.11. The van der Waals surface area contributed by atoms with Gasteiger partial charge in [0.15, 0.2) is 0 Å². The van der Waals surface area contributed by atoms with Crippen LogP contribution in [0.3, 0.4) is 0 Å². The minimum atomic E-state index is -0.923. The Morgan fingerprint density at radius 3 is 2.56 bits per heavy atom. The number of rotatable bonds is 6. The van der Waals surface area contributed by atoms with E-state index < -0.39 is 5.97 Å². The van der Waals surface area contributed by atoms with Gasteiger partial charge in [0.25, 0.3) is 0 Å². The highest BCUT2D eigenvalue weighted by molar-refractivity contribution is 5.89. The van der Waals surface area contributed by atoms with Crippen LogP contribution in [-0.2, 0) is 11.2 Å². The molecule has 1 rings (SSSR count). The van der Waals surface area contributed by atoms with E-state index in [1.54, 1.807) is 30.1 Å². The van der Waals surface area contributed by atoms with Crippen LogP contribution in [0, 0.1) is 0 Å². The van der Waals surface area contributed by atoms with Gasteiger partial charge < -0.3 is 10.0 Å². The molecule has 1 aromatic carbocycles. The maximum absolute atomic E-state index is 11.6. The van der Waals surface area contributed by atoms with Crippen molar-refractivity contribution in [2.45, 2.75) is 26.2 Å². The summed E-state index contributed by atoms with van der Waals surface area (Å²) >= 11 is 0. The van der Waals surface area contributed by atoms with Gasteiger partial charge in [0, 0.05) is 20.0 Å². The molecule has 18 heavy (non-hydrogen) atoms. The van der Waals surface area contributed by atoms with Gasteiger partial charge in [0.05, 0.1) is 5.56 Å². The molecule has 0 atom stereocenters. The normalized spacial score (nSPS) is 10.1. The number of carbonyl (C=O) groups excluding carboxylic acids is 1. The van der Waals surface area contributed by atoms with Crippen molar-refractivity contribution in [1.82, 2.24) is 4.90 Å². The highest BCUT2D eigenvalue weighted by Crippen LogP contribution is 2.10. The van der Waals surface area contributed by atoms with E-state index in [-0.39, 0.29) is 5.91 Å². The molecule has 4 heteroatoms. The van der Waals surface area contributed by atoms with Crippen LogP contribution in [0.1, 0.15) is 35.7 Å². The second-order valence-electron chi connectivity index (χ2n) is 4.28. The lowest BCUT2D eigenvalue weighted by Gasteiger charge is -2.17. The van der Waals surface area contributed by atoms with Crippen molar-refractivity contribution < 1.29 is 14.7 Å². The molecule has 0 aliphatic carbocycles. The van der Waals surface area contributed by atoms with Crippen molar-refractivity contribution in [2.24, 2.45) is 0 Å². The number of carboxylic acids is 1. The fraction of sp³-hybridized carbons (Fsp3) is 0.429. The predicted molar refractivity (Wildman–Crippen MR) is 69.7 cm³/mol. The number of hydrogen-bond acceptors (Lipinski definition) is 2.